The number of fused-ring (bicyclic) bond motifs is 1. The summed E-state index contributed by atoms with van der Waals surface area (Å²) in [6, 6.07) is 17.0. The zero-order chi connectivity index (χ0) is 25.2. The van der Waals surface area contributed by atoms with Gasteiger partial charge in [-0.2, -0.15) is 13.2 Å². The van der Waals surface area contributed by atoms with E-state index in [1.807, 2.05) is 0 Å². The second-order valence-electron chi connectivity index (χ2n) is 7.14. The molecule has 0 unspecified atom stereocenters. The molecule has 0 aliphatic rings. The van der Waals surface area contributed by atoms with Crippen molar-refractivity contribution < 1.29 is 18.1 Å². The van der Waals surface area contributed by atoms with Gasteiger partial charge in [-0.3, -0.25) is 15.1 Å². The van der Waals surface area contributed by atoms with Crippen LogP contribution in [0.5, 0.6) is 0 Å². The fourth-order valence-electron chi connectivity index (χ4n) is 3.23. The number of nitro benzene ring substituents is 1. The summed E-state index contributed by atoms with van der Waals surface area (Å²) < 4.78 is 39.2. The molecule has 0 aliphatic carbocycles. The fraction of sp³-hybridized carbons (Fsp3) is 0.0435. The molecule has 0 saturated heterocycles. The number of benzene rings is 3. The first-order valence-corrected chi connectivity index (χ1v) is 11.5. The molecule has 2 N–H and O–H groups in total. The minimum atomic E-state index is -4.59. The fourth-order valence-corrected chi connectivity index (χ4v) is 4.64. The van der Waals surface area contributed by atoms with Crippen molar-refractivity contribution in [2.45, 2.75) is 16.0 Å². The van der Waals surface area contributed by atoms with Crippen molar-refractivity contribution in [3.05, 3.63) is 93.6 Å². The van der Waals surface area contributed by atoms with Crippen molar-refractivity contribution in [1.29, 1.82) is 0 Å². The first-order chi connectivity index (χ1) is 16.6. The van der Waals surface area contributed by atoms with Gasteiger partial charge in [0, 0.05) is 22.5 Å². The van der Waals surface area contributed by atoms with Gasteiger partial charge in [-0.25, -0.2) is 0 Å². The highest BCUT2D eigenvalue weighted by Gasteiger charge is 2.33. The number of nitro groups is 1. The van der Waals surface area contributed by atoms with Gasteiger partial charge >= 0.3 is 6.18 Å². The van der Waals surface area contributed by atoms with Crippen LogP contribution in [0.4, 0.5) is 30.2 Å². The van der Waals surface area contributed by atoms with E-state index >= 15 is 0 Å². The Kier molecular flexibility index (Phi) is 7.10. The highest BCUT2D eigenvalue weighted by Crippen LogP contribution is 2.39. The van der Waals surface area contributed by atoms with E-state index in [0.717, 1.165) is 17.0 Å². The molecule has 0 bridgehead atoms. The normalized spacial score (nSPS) is 11.3. The second-order valence-corrected chi connectivity index (χ2v) is 9.07. The average Bonchev–Trinajstić information content (AvgIpc) is 2.80. The number of aromatic nitrogens is 1. The molecule has 0 aliphatic heterocycles. The van der Waals surface area contributed by atoms with Gasteiger partial charge in [0.25, 0.3) is 5.69 Å². The Hall–Kier alpha value is -3.41. The Morgan fingerprint density at radius 1 is 1.03 bits per heavy atom. The molecule has 3 aromatic carbocycles. The monoisotopic (exact) mass is 534 g/mol. The standard InChI is InChI=1S/C23H14ClF3N4O2S2/c24-18-8-5-14(12-17(18)23(25,26)27)30-22(34)29-13-3-6-15(7-4-13)35-20-10-9-19-16(2-1-11-28-19)21(20)31(32)33/h1-12H,(H2,29,30,34). The molecule has 1 heterocycles. The molecular formula is C23H14ClF3N4O2S2. The Morgan fingerprint density at radius 2 is 1.71 bits per heavy atom. The van der Waals surface area contributed by atoms with E-state index in [-0.39, 0.29) is 16.5 Å². The van der Waals surface area contributed by atoms with E-state index in [4.69, 9.17) is 23.8 Å². The van der Waals surface area contributed by atoms with Gasteiger partial charge in [-0.15, -0.1) is 0 Å². The molecule has 35 heavy (non-hydrogen) atoms. The molecule has 12 heteroatoms. The van der Waals surface area contributed by atoms with E-state index in [0.29, 0.717) is 21.5 Å². The number of anilines is 2. The van der Waals surface area contributed by atoms with Crippen molar-refractivity contribution in [3.8, 4) is 0 Å². The van der Waals surface area contributed by atoms with Gasteiger partial charge < -0.3 is 10.6 Å². The Morgan fingerprint density at radius 3 is 2.40 bits per heavy atom. The van der Waals surface area contributed by atoms with Gasteiger partial charge in [0.1, 0.15) is 0 Å². The van der Waals surface area contributed by atoms with Gasteiger partial charge in [0.05, 0.1) is 31.3 Å². The van der Waals surface area contributed by atoms with Crippen LogP contribution in [0, 0.1) is 10.1 Å². The number of alkyl halides is 3. The molecule has 4 aromatic rings. The predicted molar refractivity (Wildman–Crippen MR) is 135 cm³/mol. The molecular weight excluding hydrogens is 521 g/mol. The lowest BCUT2D eigenvalue weighted by atomic mass is 10.2. The summed E-state index contributed by atoms with van der Waals surface area (Å²) in [6.07, 6.45) is -3.01. The molecule has 0 amide bonds. The number of rotatable bonds is 5. The Labute approximate surface area is 211 Å². The van der Waals surface area contributed by atoms with Gasteiger partial charge in [-0.05, 0) is 78.9 Å². The van der Waals surface area contributed by atoms with Crippen LogP contribution >= 0.6 is 35.6 Å². The molecule has 0 radical (unpaired) electrons. The van der Waals surface area contributed by atoms with Crippen molar-refractivity contribution in [3.63, 3.8) is 0 Å². The largest absolute Gasteiger partial charge is 0.417 e. The van der Waals surface area contributed by atoms with Crippen molar-refractivity contribution >= 4 is 68.7 Å². The van der Waals surface area contributed by atoms with Crippen LogP contribution in [0.25, 0.3) is 10.9 Å². The number of nitrogens with one attached hydrogen (secondary N) is 2. The van der Waals surface area contributed by atoms with Crippen LogP contribution in [-0.4, -0.2) is 15.0 Å². The number of halogens is 4. The summed E-state index contributed by atoms with van der Waals surface area (Å²) in [5.74, 6) is 0. The summed E-state index contributed by atoms with van der Waals surface area (Å²) in [6.45, 7) is 0. The zero-order valence-corrected chi connectivity index (χ0v) is 19.9. The number of nitrogens with zero attached hydrogens (tertiary/aromatic N) is 2. The summed E-state index contributed by atoms with van der Waals surface area (Å²) in [5, 5.41) is 17.4. The average molecular weight is 535 g/mol. The number of hydrogen-bond acceptors (Lipinski definition) is 5. The highest BCUT2D eigenvalue weighted by atomic mass is 35.5. The highest BCUT2D eigenvalue weighted by molar-refractivity contribution is 7.99. The van der Waals surface area contributed by atoms with E-state index in [2.05, 4.69) is 15.6 Å². The van der Waals surface area contributed by atoms with Gasteiger partial charge in [0.2, 0.25) is 0 Å². The molecule has 0 spiro atoms. The first kappa shape index (κ1) is 24.7. The lowest BCUT2D eigenvalue weighted by molar-refractivity contribution is -0.385. The molecule has 0 saturated carbocycles. The maximum atomic E-state index is 13.1. The molecule has 6 nitrogen and oxygen atoms in total. The third-order valence-electron chi connectivity index (χ3n) is 4.77. The summed E-state index contributed by atoms with van der Waals surface area (Å²) in [7, 11) is 0. The predicted octanol–water partition coefficient (Wildman–Crippen LogP) is 7.78. The van der Waals surface area contributed by atoms with E-state index in [1.54, 1.807) is 54.7 Å². The molecule has 0 atom stereocenters. The lowest BCUT2D eigenvalue weighted by Crippen LogP contribution is -2.19. The third-order valence-corrected chi connectivity index (χ3v) is 6.36. The van der Waals surface area contributed by atoms with Crippen LogP contribution in [0.1, 0.15) is 5.56 Å². The minimum Gasteiger partial charge on any atom is -0.332 e. The smallest absolute Gasteiger partial charge is 0.332 e. The second kappa shape index (κ2) is 10.1. The van der Waals surface area contributed by atoms with Gasteiger partial charge in [0.15, 0.2) is 5.11 Å². The quantitative estimate of drug-likeness (QED) is 0.154. The Balaban J connectivity index is 1.46. The van der Waals surface area contributed by atoms with Crippen LogP contribution in [0.2, 0.25) is 5.02 Å². The molecule has 4 rings (SSSR count). The number of pyridine rings is 1. The third kappa shape index (κ3) is 5.81. The Bertz CT molecular complexity index is 1430. The summed E-state index contributed by atoms with van der Waals surface area (Å²) >= 11 is 12.1. The number of thiocarbonyl (C=S) groups is 1. The maximum Gasteiger partial charge on any atom is 0.417 e. The zero-order valence-electron chi connectivity index (χ0n) is 17.5. The summed E-state index contributed by atoms with van der Waals surface area (Å²) in [5.41, 5.74) is 0.256. The molecule has 178 valence electrons. The van der Waals surface area contributed by atoms with E-state index in [1.165, 1.54) is 17.8 Å². The van der Waals surface area contributed by atoms with Crippen LogP contribution in [0.3, 0.4) is 0 Å². The van der Waals surface area contributed by atoms with Crippen molar-refractivity contribution in [2.75, 3.05) is 10.6 Å². The van der Waals surface area contributed by atoms with Crippen molar-refractivity contribution in [1.82, 2.24) is 4.98 Å². The van der Waals surface area contributed by atoms with E-state index < -0.39 is 21.7 Å². The lowest BCUT2D eigenvalue weighted by Gasteiger charge is -2.14. The maximum absolute atomic E-state index is 13.1. The van der Waals surface area contributed by atoms with Crippen LogP contribution in [-0.2, 0) is 6.18 Å². The summed E-state index contributed by atoms with van der Waals surface area (Å²) in [4.78, 5) is 16.7. The minimum absolute atomic E-state index is 0.0191. The van der Waals surface area contributed by atoms with E-state index in [9.17, 15) is 23.3 Å². The van der Waals surface area contributed by atoms with Crippen LogP contribution in [0.15, 0.2) is 82.7 Å². The van der Waals surface area contributed by atoms with Crippen LogP contribution < -0.4 is 10.6 Å². The molecule has 1 aromatic heterocycles. The van der Waals surface area contributed by atoms with Crippen molar-refractivity contribution in [2.24, 2.45) is 0 Å². The first-order valence-electron chi connectivity index (χ1n) is 9.86. The topological polar surface area (TPSA) is 80.1 Å². The molecule has 0 fully saturated rings. The number of hydrogen-bond donors (Lipinski definition) is 2. The SMILES string of the molecule is O=[N+]([O-])c1c(Sc2ccc(NC(=S)Nc3ccc(Cl)c(C(F)(F)F)c3)cc2)ccc2ncccc12. The van der Waals surface area contributed by atoms with Gasteiger partial charge in [-0.1, -0.05) is 23.4 Å².